The third-order valence-electron chi connectivity index (χ3n) is 4.54. The number of morpholine rings is 1. The summed E-state index contributed by atoms with van der Waals surface area (Å²) in [5.74, 6) is 0.231. The normalized spacial score (nSPS) is 14.4. The van der Waals surface area contributed by atoms with Crippen LogP contribution in [0.1, 0.15) is 13.8 Å². The topological polar surface area (TPSA) is 97.3 Å². The van der Waals surface area contributed by atoms with E-state index in [9.17, 15) is 13.5 Å². The Hall–Kier alpha value is -2.07. The van der Waals surface area contributed by atoms with Crippen molar-refractivity contribution in [2.75, 3.05) is 49.1 Å². The Balaban J connectivity index is 2.06. The first-order chi connectivity index (χ1) is 14.8. The Morgan fingerprint density at radius 2 is 1.71 bits per heavy atom. The van der Waals surface area contributed by atoms with E-state index in [0.717, 1.165) is 11.8 Å². The number of anilines is 2. The van der Waals surface area contributed by atoms with Gasteiger partial charge in [0.1, 0.15) is 16.4 Å². The van der Waals surface area contributed by atoms with E-state index in [1.807, 2.05) is 6.92 Å². The summed E-state index contributed by atoms with van der Waals surface area (Å²) in [6, 6.07) is 5.69. The summed E-state index contributed by atoms with van der Waals surface area (Å²) >= 11 is 11.8. The number of rotatable bonds is 8. The fourth-order valence-electron chi connectivity index (χ4n) is 3.17. The number of ether oxygens (including phenoxy) is 3. The number of nitrogens with zero attached hydrogens (tertiary/aromatic N) is 1. The highest BCUT2D eigenvalue weighted by Gasteiger charge is 2.25. The molecule has 2 aromatic carbocycles. The second-order valence-corrected chi connectivity index (χ2v) is 9.12. The van der Waals surface area contributed by atoms with Crippen LogP contribution in [-0.2, 0) is 14.8 Å². The van der Waals surface area contributed by atoms with Crippen LogP contribution in [-0.4, -0.2) is 53.0 Å². The second-order valence-electron chi connectivity index (χ2n) is 6.62. The van der Waals surface area contributed by atoms with Crippen LogP contribution in [0.15, 0.2) is 29.2 Å². The molecule has 2 N–H and O–H groups in total. The van der Waals surface area contributed by atoms with Crippen molar-refractivity contribution >= 4 is 44.6 Å². The number of sulfonamides is 1. The zero-order valence-corrected chi connectivity index (χ0v) is 19.5. The van der Waals surface area contributed by atoms with E-state index in [-0.39, 0.29) is 15.7 Å². The fraction of sp³-hybridized carbons (Fsp3) is 0.400. The van der Waals surface area contributed by atoms with Gasteiger partial charge in [0.05, 0.1) is 42.8 Å². The molecule has 1 aliphatic rings. The van der Waals surface area contributed by atoms with E-state index in [1.165, 1.54) is 6.07 Å². The summed E-state index contributed by atoms with van der Waals surface area (Å²) in [7, 11) is -4.24. The quantitative estimate of drug-likeness (QED) is 0.573. The molecule has 8 nitrogen and oxygen atoms in total. The second kappa shape index (κ2) is 10.0. The number of aromatic hydroxyl groups is 1. The molecule has 0 atom stereocenters. The van der Waals surface area contributed by atoms with Gasteiger partial charge >= 0.3 is 0 Å². The monoisotopic (exact) mass is 490 g/mol. The lowest BCUT2D eigenvalue weighted by Crippen LogP contribution is -2.36. The lowest BCUT2D eigenvalue weighted by atomic mass is 10.2. The Morgan fingerprint density at radius 1 is 1.06 bits per heavy atom. The van der Waals surface area contributed by atoms with E-state index in [0.29, 0.717) is 51.0 Å². The van der Waals surface area contributed by atoms with Crippen molar-refractivity contribution in [2.45, 2.75) is 18.7 Å². The molecule has 0 saturated carbocycles. The van der Waals surface area contributed by atoms with Crippen molar-refractivity contribution in [2.24, 2.45) is 0 Å². The van der Waals surface area contributed by atoms with E-state index < -0.39 is 20.7 Å². The highest BCUT2D eigenvalue weighted by molar-refractivity contribution is 7.92. The largest absolute Gasteiger partial charge is 0.505 e. The van der Waals surface area contributed by atoms with Crippen LogP contribution in [0.4, 0.5) is 11.4 Å². The van der Waals surface area contributed by atoms with Crippen LogP contribution in [0.3, 0.4) is 0 Å². The zero-order valence-electron chi connectivity index (χ0n) is 17.2. The molecule has 0 unspecified atom stereocenters. The summed E-state index contributed by atoms with van der Waals surface area (Å²) in [5.41, 5.74) is 0.947. The molecule has 1 saturated heterocycles. The Kier molecular flexibility index (Phi) is 7.64. The average Bonchev–Trinajstić information content (AvgIpc) is 2.73. The number of hydrogen-bond donors (Lipinski definition) is 2. The zero-order chi connectivity index (χ0) is 22.6. The Bertz CT molecular complexity index is 1040. The smallest absolute Gasteiger partial charge is 0.265 e. The lowest BCUT2D eigenvalue weighted by molar-refractivity contribution is 0.122. The number of phenols is 1. The molecule has 0 radical (unpaired) electrons. The van der Waals surface area contributed by atoms with E-state index >= 15 is 0 Å². The maximum Gasteiger partial charge on any atom is 0.265 e. The molecule has 31 heavy (non-hydrogen) atoms. The summed E-state index contributed by atoms with van der Waals surface area (Å²) in [6.45, 7) is 6.86. The molecule has 0 amide bonds. The van der Waals surface area contributed by atoms with Gasteiger partial charge in [0.25, 0.3) is 10.0 Å². The fourth-order valence-corrected chi connectivity index (χ4v) is 4.99. The number of phenolic OH excluding ortho intramolecular Hbond substituents is 1. The Morgan fingerprint density at radius 3 is 2.35 bits per heavy atom. The first kappa shape index (κ1) is 23.6. The third kappa shape index (κ3) is 5.41. The van der Waals surface area contributed by atoms with Gasteiger partial charge < -0.3 is 24.2 Å². The molecule has 11 heteroatoms. The van der Waals surface area contributed by atoms with Crippen molar-refractivity contribution in [3.8, 4) is 17.2 Å². The van der Waals surface area contributed by atoms with Crippen molar-refractivity contribution in [3.05, 3.63) is 34.3 Å². The lowest BCUT2D eigenvalue weighted by Gasteiger charge is -2.31. The predicted octanol–water partition coefficient (Wildman–Crippen LogP) is 4.13. The van der Waals surface area contributed by atoms with Crippen LogP contribution in [0.2, 0.25) is 10.0 Å². The van der Waals surface area contributed by atoms with E-state index in [2.05, 4.69) is 9.62 Å². The minimum atomic E-state index is -4.24. The minimum absolute atomic E-state index is 0.0749. The molecule has 0 aliphatic carbocycles. The first-order valence-corrected chi connectivity index (χ1v) is 12.0. The van der Waals surface area contributed by atoms with Gasteiger partial charge in [0.15, 0.2) is 5.75 Å². The van der Waals surface area contributed by atoms with Crippen LogP contribution in [0.25, 0.3) is 0 Å². The van der Waals surface area contributed by atoms with Gasteiger partial charge in [-0.2, -0.15) is 0 Å². The molecule has 170 valence electrons. The Labute approximate surface area is 191 Å². The summed E-state index contributed by atoms with van der Waals surface area (Å²) in [5, 5.41) is 10.1. The maximum atomic E-state index is 13.0. The van der Waals surface area contributed by atoms with Crippen LogP contribution in [0.5, 0.6) is 17.2 Å². The minimum Gasteiger partial charge on any atom is -0.505 e. The average molecular weight is 491 g/mol. The van der Waals surface area contributed by atoms with Gasteiger partial charge in [-0.05, 0) is 26.0 Å². The summed E-state index contributed by atoms with van der Waals surface area (Å²) in [4.78, 5) is 1.65. The molecular weight excluding hydrogens is 467 g/mol. The number of halogens is 2. The predicted molar refractivity (Wildman–Crippen MR) is 121 cm³/mol. The van der Waals surface area contributed by atoms with Gasteiger partial charge in [0, 0.05) is 30.2 Å². The van der Waals surface area contributed by atoms with Gasteiger partial charge in [-0.3, -0.25) is 4.72 Å². The van der Waals surface area contributed by atoms with Crippen molar-refractivity contribution in [1.82, 2.24) is 0 Å². The highest BCUT2D eigenvalue weighted by Crippen LogP contribution is 2.41. The summed E-state index contributed by atoms with van der Waals surface area (Å²) in [6.07, 6.45) is 0. The highest BCUT2D eigenvalue weighted by atomic mass is 35.5. The van der Waals surface area contributed by atoms with Crippen molar-refractivity contribution in [3.63, 3.8) is 0 Å². The first-order valence-electron chi connectivity index (χ1n) is 9.74. The molecule has 1 fully saturated rings. The van der Waals surface area contributed by atoms with Crippen LogP contribution in [0, 0.1) is 0 Å². The standard InChI is InChI=1S/C20H24Cl2N2O6S/c1-3-29-17-12-16(24-5-7-28-8-6-24)18(30-4-2)11-15(17)23-31(26,27)19-10-13(21)9-14(22)20(19)25/h9-12,23,25H,3-8H2,1-2H3. The SMILES string of the molecule is CCOc1cc(N2CCOCC2)c(OCC)cc1NS(=O)(=O)c1cc(Cl)cc(Cl)c1O. The van der Waals surface area contributed by atoms with Gasteiger partial charge in [-0.15, -0.1) is 0 Å². The number of benzene rings is 2. The maximum absolute atomic E-state index is 13.0. The molecule has 0 aromatic heterocycles. The molecule has 3 rings (SSSR count). The molecule has 2 aromatic rings. The van der Waals surface area contributed by atoms with Crippen LogP contribution >= 0.6 is 23.2 Å². The van der Waals surface area contributed by atoms with Crippen molar-refractivity contribution in [1.29, 1.82) is 0 Å². The summed E-state index contributed by atoms with van der Waals surface area (Å²) < 4.78 is 45.4. The molecule has 0 spiro atoms. The molecular formula is C20H24Cl2N2O6S. The van der Waals surface area contributed by atoms with E-state index in [4.69, 9.17) is 37.4 Å². The van der Waals surface area contributed by atoms with Gasteiger partial charge in [-0.25, -0.2) is 8.42 Å². The number of nitrogens with one attached hydrogen (secondary N) is 1. The van der Waals surface area contributed by atoms with Crippen LogP contribution < -0.4 is 19.1 Å². The number of hydrogen-bond acceptors (Lipinski definition) is 7. The molecule has 1 heterocycles. The molecule has 0 bridgehead atoms. The van der Waals surface area contributed by atoms with E-state index in [1.54, 1.807) is 19.1 Å². The van der Waals surface area contributed by atoms with Gasteiger partial charge in [-0.1, -0.05) is 23.2 Å². The third-order valence-corrected chi connectivity index (χ3v) is 6.42. The van der Waals surface area contributed by atoms with Gasteiger partial charge in [0.2, 0.25) is 0 Å². The molecule has 1 aliphatic heterocycles. The van der Waals surface area contributed by atoms with Crippen molar-refractivity contribution < 1.29 is 27.7 Å².